The summed E-state index contributed by atoms with van der Waals surface area (Å²) in [5.74, 6) is 0.608. The lowest BCUT2D eigenvalue weighted by atomic mass is 10.2. The Bertz CT molecular complexity index is 691. The summed E-state index contributed by atoms with van der Waals surface area (Å²) < 4.78 is 0. The van der Waals surface area contributed by atoms with E-state index in [-0.39, 0.29) is 18.3 Å². The van der Waals surface area contributed by atoms with E-state index in [2.05, 4.69) is 9.88 Å². The van der Waals surface area contributed by atoms with Crippen LogP contribution in [0.1, 0.15) is 22.3 Å². The van der Waals surface area contributed by atoms with Crippen molar-refractivity contribution in [3.63, 3.8) is 0 Å². The van der Waals surface area contributed by atoms with Crippen molar-refractivity contribution >= 4 is 35.7 Å². The van der Waals surface area contributed by atoms with E-state index in [4.69, 9.17) is 17.3 Å². The molecule has 1 amide bonds. The zero-order chi connectivity index (χ0) is 16.9. The summed E-state index contributed by atoms with van der Waals surface area (Å²) in [6.45, 7) is 4.15. The van der Waals surface area contributed by atoms with E-state index in [1.165, 1.54) is 0 Å². The molecule has 2 N–H and O–H groups in total. The Morgan fingerprint density at radius 3 is 2.52 bits per heavy atom. The van der Waals surface area contributed by atoms with Crippen LogP contribution in [0.2, 0.25) is 5.02 Å². The Balaban J connectivity index is 0.00000225. The normalized spacial score (nSPS) is 15.3. The lowest BCUT2D eigenvalue weighted by Gasteiger charge is -2.22. The predicted molar refractivity (Wildman–Crippen MR) is 103 cm³/mol. The summed E-state index contributed by atoms with van der Waals surface area (Å²) in [6.07, 6.45) is 2.78. The van der Waals surface area contributed by atoms with Crippen LogP contribution in [0.25, 0.3) is 0 Å². The van der Waals surface area contributed by atoms with Gasteiger partial charge in [-0.25, -0.2) is 4.98 Å². The first-order chi connectivity index (χ1) is 11.6. The summed E-state index contributed by atoms with van der Waals surface area (Å²) >= 11 is 5.89. The second-order valence-corrected chi connectivity index (χ2v) is 6.46. The second-order valence-electron chi connectivity index (χ2n) is 6.02. The molecule has 0 radical (unpaired) electrons. The van der Waals surface area contributed by atoms with Crippen molar-refractivity contribution in [3.05, 3.63) is 58.7 Å². The number of carbonyl (C=O) groups excluding carboxylic acids is 1. The number of nitrogens with two attached hydrogens (primary N) is 1. The highest BCUT2D eigenvalue weighted by atomic mass is 35.5. The van der Waals surface area contributed by atoms with Crippen molar-refractivity contribution in [1.29, 1.82) is 0 Å². The van der Waals surface area contributed by atoms with Crippen LogP contribution in [-0.2, 0) is 6.54 Å². The first-order valence-corrected chi connectivity index (χ1v) is 8.47. The van der Waals surface area contributed by atoms with Gasteiger partial charge in [0.2, 0.25) is 0 Å². The Kier molecular flexibility index (Phi) is 7.05. The maximum absolute atomic E-state index is 12.6. The van der Waals surface area contributed by atoms with Gasteiger partial charge in [0.15, 0.2) is 0 Å². The fraction of sp³-hybridized carbons (Fsp3) is 0.333. The number of halogens is 2. The van der Waals surface area contributed by atoms with Crippen LogP contribution in [0.5, 0.6) is 0 Å². The second kappa shape index (κ2) is 9.04. The largest absolute Gasteiger partial charge is 0.384 e. The smallest absolute Gasteiger partial charge is 0.253 e. The average Bonchev–Trinajstić information content (AvgIpc) is 2.83. The van der Waals surface area contributed by atoms with Gasteiger partial charge in [0, 0.05) is 49.5 Å². The Morgan fingerprint density at radius 1 is 1.08 bits per heavy atom. The molecule has 2 aromatic rings. The summed E-state index contributed by atoms with van der Waals surface area (Å²) in [7, 11) is 0. The van der Waals surface area contributed by atoms with Crippen LogP contribution in [-0.4, -0.2) is 46.9 Å². The van der Waals surface area contributed by atoms with Crippen molar-refractivity contribution in [3.8, 4) is 0 Å². The molecule has 1 fully saturated rings. The number of carbonyl (C=O) groups is 1. The van der Waals surface area contributed by atoms with E-state index in [9.17, 15) is 4.79 Å². The minimum Gasteiger partial charge on any atom is -0.384 e. The monoisotopic (exact) mass is 380 g/mol. The number of amides is 1. The van der Waals surface area contributed by atoms with Gasteiger partial charge in [-0.3, -0.25) is 9.69 Å². The molecule has 7 heteroatoms. The molecule has 134 valence electrons. The minimum absolute atomic E-state index is 0. The van der Waals surface area contributed by atoms with Gasteiger partial charge < -0.3 is 10.6 Å². The van der Waals surface area contributed by atoms with Gasteiger partial charge in [0.05, 0.1) is 0 Å². The molecule has 1 aromatic carbocycles. The number of anilines is 1. The minimum atomic E-state index is 0. The maximum Gasteiger partial charge on any atom is 0.253 e. The molecule has 0 spiro atoms. The van der Waals surface area contributed by atoms with Gasteiger partial charge in [0.1, 0.15) is 5.82 Å². The molecule has 0 bridgehead atoms. The molecule has 1 aliphatic rings. The predicted octanol–water partition coefficient (Wildman–Crippen LogP) is 3.09. The Labute approximate surface area is 159 Å². The topological polar surface area (TPSA) is 62.5 Å². The number of hydrogen-bond donors (Lipinski definition) is 1. The van der Waals surface area contributed by atoms with Gasteiger partial charge in [-0.2, -0.15) is 0 Å². The Morgan fingerprint density at radius 2 is 1.84 bits per heavy atom. The molecule has 1 aromatic heterocycles. The molecule has 1 aliphatic heterocycles. The quantitative estimate of drug-likeness (QED) is 0.888. The molecular weight excluding hydrogens is 359 g/mol. The standard InChI is InChI=1S/C18H21ClN4O.ClH/c19-16-5-3-15(4-6-16)18(24)23-9-1-8-22(10-11-23)13-14-2-7-17(20)21-12-14;/h2-7,12H,1,8-11,13H2,(H2,20,21);1H. The molecular formula is C18H22Cl2N4O. The van der Waals surface area contributed by atoms with Crippen LogP contribution in [0, 0.1) is 0 Å². The zero-order valence-electron chi connectivity index (χ0n) is 13.9. The van der Waals surface area contributed by atoms with Crippen molar-refractivity contribution in [2.24, 2.45) is 0 Å². The number of rotatable bonds is 3. The number of aromatic nitrogens is 1. The van der Waals surface area contributed by atoms with Crippen molar-refractivity contribution in [2.45, 2.75) is 13.0 Å². The first kappa shape index (κ1) is 19.5. The van der Waals surface area contributed by atoms with Crippen molar-refractivity contribution in [2.75, 3.05) is 31.9 Å². The van der Waals surface area contributed by atoms with Crippen LogP contribution in [0.15, 0.2) is 42.6 Å². The van der Waals surface area contributed by atoms with Gasteiger partial charge in [-0.05, 0) is 42.3 Å². The zero-order valence-corrected chi connectivity index (χ0v) is 15.5. The molecule has 0 atom stereocenters. The molecule has 1 saturated heterocycles. The molecule has 2 heterocycles. The van der Waals surface area contributed by atoms with Gasteiger partial charge in [0.25, 0.3) is 5.91 Å². The molecule has 0 saturated carbocycles. The molecule has 5 nitrogen and oxygen atoms in total. The van der Waals surface area contributed by atoms with E-state index in [0.29, 0.717) is 16.4 Å². The third-order valence-corrected chi connectivity index (χ3v) is 4.47. The van der Waals surface area contributed by atoms with E-state index in [1.807, 2.05) is 23.2 Å². The van der Waals surface area contributed by atoms with Crippen molar-refractivity contribution in [1.82, 2.24) is 14.8 Å². The average molecular weight is 381 g/mol. The molecule has 0 aliphatic carbocycles. The van der Waals surface area contributed by atoms with Gasteiger partial charge in [-0.15, -0.1) is 12.4 Å². The number of nitrogen functional groups attached to an aromatic ring is 1. The van der Waals surface area contributed by atoms with Gasteiger partial charge in [-0.1, -0.05) is 17.7 Å². The third-order valence-electron chi connectivity index (χ3n) is 4.22. The number of pyridine rings is 1. The number of nitrogens with zero attached hydrogens (tertiary/aromatic N) is 3. The molecule has 25 heavy (non-hydrogen) atoms. The van der Waals surface area contributed by atoms with E-state index >= 15 is 0 Å². The van der Waals surface area contributed by atoms with E-state index in [0.717, 1.165) is 44.7 Å². The Hall–Kier alpha value is -1.82. The lowest BCUT2D eigenvalue weighted by molar-refractivity contribution is 0.0761. The van der Waals surface area contributed by atoms with Crippen LogP contribution in [0.4, 0.5) is 5.82 Å². The summed E-state index contributed by atoms with van der Waals surface area (Å²) in [6, 6.07) is 10.9. The van der Waals surface area contributed by atoms with Gasteiger partial charge >= 0.3 is 0 Å². The van der Waals surface area contributed by atoms with Crippen molar-refractivity contribution < 1.29 is 4.79 Å². The highest BCUT2D eigenvalue weighted by molar-refractivity contribution is 6.30. The highest BCUT2D eigenvalue weighted by Crippen LogP contribution is 2.14. The first-order valence-electron chi connectivity index (χ1n) is 8.09. The summed E-state index contributed by atoms with van der Waals surface area (Å²) in [4.78, 5) is 21.0. The van der Waals surface area contributed by atoms with Crippen LogP contribution in [0.3, 0.4) is 0 Å². The number of benzene rings is 1. The molecule has 0 unspecified atom stereocenters. The molecule has 3 rings (SSSR count). The maximum atomic E-state index is 12.6. The van der Waals surface area contributed by atoms with E-state index in [1.54, 1.807) is 24.3 Å². The lowest BCUT2D eigenvalue weighted by Crippen LogP contribution is -2.35. The fourth-order valence-electron chi connectivity index (χ4n) is 2.89. The summed E-state index contributed by atoms with van der Waals surface area (Å²) in [5.41, 5.74) is 7.45. The fourth-order valence-corrected chi connectivity index (χ4v) is 3.02. The van der Waals surface area contributed by atoms with Crippen LogP contribution < -0.4 is 5.73 Å². The highest BCUT2D eigenvalue weighted by Gasteiger charge is 2.20. The van der Waals surface area contributed by atoms with Crippen LogP contribution >= 0.6 is 24.0 Å². The number of hydrogen-bond acceptors (Lipinski definition) is 4. The summed E-state index contributed by atoms with van der Waals surface area (Å²) in [5, 5.41) is 0.644. The van der Waals surface area contributed by atoms with E-state index < -0.39 is 0 Å². The third kappa shape index (κ3) is 5.33. The SMILES string of the molecule is Cl.Nc1ccc(CN2CCCN(C(=O)c3ccc(Cl)cc3)CC2)cn1.